The Labute approximate surface area is 189 Å². The number of amides is 1. The number of halogens is 1. The highest BCUT2D eigenvalue weighted by Crippen LogP contribution is 2.34. The maximum absolute atomic E-state index is 12.1. The van der Waals surface area contributed by atoms with Gasteiger partial charge in [0.1, 0.15) is 0 Å². The molecule has 0 fully saturated rings. The minimum absolute atomic E-state index is 0.133. The lowest BCUT2D eigenvalue weighted by Gasteiger charge is -2.11. The first-order valence-electron chi connectivity index (χ1n) is 9.83. The molecule has 0 heterocycles. The molecule has 0 bridgehead atoms. The molecule has 3 rings (SSSR count). The van der Waals surface area contributed by atoms with Crippen molar-refractivity contribution in [1.82, 2.24) is 0 Å². The fourth-order valence-corrected chi connectivity index (χ4v) is 4.57. The van der Waals surface area contributed by atoms with Gasteiger partial charge in [-0.05, 0) is 62.8 Å². The molecule has 0 saturated heterocycles. The smallest absolute Gasteiger partial charge is 0.316 e. The summed E-state index contributed by atoms with van der Waals surface area (Å²) in [4.78, 5) is 25.1. The van der Waals surface area contributed by atoms with Crippen LogP contribution in [0.3, 0.4) is 0 Å². The van der Waals surface area contributed by atoms with Crippen molar-refractivity contribution in [2.24, 2.45) is 0 Å². The van der Waals surface area contributed by atoms with Crippen molar-refractivity contribution in [3.05, 3.63) is 70.7 Å². The Bertz CT molecular complexity index is 1040. The van der Waals surface area contributed by atoms with E-state index in [2.05, 4.69) is 35.1 Å². The van der Waals surface area contributed by atoms with Gasteiger partial charge in [-0.15, -0.1) is 11.8 Å². The summed E-state index contributed by atoms with van der Waals surface area (Å²) in [6, 6.07) is 19.8. The van der Waals surface area contributed by atoms with Crippen LogP contribution in [0.5, 0.6) is 0 Å². The van der Waals surface area contributed by atoms with Crippen LogP contribution < -0.4 is 5.32 Å². The molecule has 4 nitrogen and oxygen atoms in total. The van der Waals surface area contributed by atoms with Crippen LogP contribution in [-0.2, 0) is 14.3 Å². The van der Waals surface area contributed by atoms with Gasteiger partial charge in [0.25, 0.3) is 5.91 Å². The fraction of sp³-hybridized carbons (Fsp3) is 0.250. The summed E-state index contributed by atoms with van der Waals surface area (Å²) in [6.07, 6.45) is 1.06. The number of nitrogens with one attached hydrogen (secondary N) is 1. The van der Waals surface area contributed by atoms with Crippen molar-refractivity contribution in [3.63, 3.8) is 0 Å². The fourth-order valence-electron chi connectivity index (χ4n) is 2.98. The normalized spacial score (nSPS) is 11.8. The van der Waals surface area contributed by atoms with Gasteiger partial charge in [0.15, 0.2) is 6.61 Å². The highest BCUT2D eigenvalue weighted by molar-refractivity contribution is 9.10. The SMILES string of the molecule is CCC(C)c1ccc(NC(=O)COC(=O)CSc2ccc3ccccc3c2Br)cc1. The molecule has 1 amide bonds. The van der Waals surface area contributed by atoms with Crippen LogP contribution in [0.2, 0.25) is 0 Å². The second-order valence-corrected chi connectivity index (χ2v) is 8.84. The van der Waals surface area contributed by atoms with Crippen molar-refractivity contribution in [3.8, 4) is 0 Å². The van der Waals surface area contributed by atoms with Gasteiger partial charge in [0.2, 0.25) is 0 Å². The number of hydrogen-bond donors (Lipinski definition) is 1. The van der Waals surface area contributed by atoms with E-state index in [1.165, 1.54) is 17.3 Å². The van der Waals surface area contributed by atoms with Crippen molar-refractivity contribution < 1.29 is 14.3 Å². The maximum Gasteiger partial charge on any atom is 0.316 e. The number of rotatable bonds is 8. The van der Waals surface area contributed by atoms with Gasteiger partial charge >= 0.3 is 5.97 Å². The first kappa shape index (κ1) is 22.4. The third-order valence-corrected chi connectivity index (χ3v) is 7.06. The van der Waals surface area contributed by atoms with E-state index >= 15 is 0 Å². The zero-order valence-electron chi connectivity index (χ0n) is 17.0. The number of ether oxygens (including phenoxy) is 1. The van der Waals surface area contributed by atoms with E-state index in [1.807, 2.05) is 60.7 Å². The molecule has 0 aliphatic heterocycles. The van der Waals surface area contributed by atoms with Gasteiger partial charge in [-0.3, -0.25) is 9.59 Å². The number of esters is 1. The number of carbonyl (C=O) groups is 2. The van der Waals surface area contributed by atoms with E-state index < -0.39 is 5.97 Å². The summed E-state index contributed by atoms with van der Waals surface area (Å²) in [5, 5.41) is 4.98. The van der Waals surface area contributed by atoms with E-state index in [9.17, 15) is 9.59 Å². The standard InChI is InChI=1S/C24H24BrNO3S/c1-3-16(2)17-8-11-19(12-9-17)26-22(27)14-29-23(28)15-30-21-13-10-18-6-4-5-7-20(18)24(21)25/h4-13,16H,3,14-15H2,1-2H3,(H,26,27). The number of carbonyl (C=O) groups excluding carboxylic acids is 2. The van der Waals surface area contributed by atoms with Gasteiger partial charge in [-0.2, -0.15) is 0 Å². The van der Waals surface area contributed by atoms with Crippen LogP contribution >= 0.6 is 27.7 Å². The minimum atomic E-state index is -0.428. The van der Waals surface area contributed by atoms with Crippen LogP contribution in [0.1, 0.15) is 31.7 Å². The number of anilines is 1. The summed E-state index contributed by atoms with van der Waals surface area (Å²) in [6.45, 7) is 4.01. The molecule has 3 aromatic rings. The van der Waals surface area contributed by atoms with E-state index in [1.54, 1.807) is 0 Å². The van der Waals surface area contributed by atoms with Crippen molar-refractivity contribution in [1.29, 1.82) is 0 Å². The number of fused-ring (bicyclic) bond motifs is 1. The molecule has 30 heavy (non-hydrogen) atoms. The second-order valence-electron chi connectivity index (χ2n) is 7.03. The van der Waals surface area contributed by atoms with Crippen LogP contribution in [-0.4, -0.2) is 24.2 Å². The predicted octanol–water partition coefficient (Wildman–Crippen LogP) is 6.39. The van der Waals surface area contributed by atoms with Crippen molar-refractivity contribution in [2.75, 3.05) is 17.7 Å². The Hall–Kier alpha value is -2.31. The largest absolute Gasteiger partial charge is 0.455 e. The van der Waals surface area contributed by atoms with E-state index in [0.29, 0.717) is 11.6 Å². The number of thioether (sulfide) groups is 1. The third kappa shape index (κ3) is 5.86. The maximum atomic E-state index is 12.1. The summed E-state index contributed by atoms with van der Waals surface area (Å²) in [7, 11) is 0. The minimum Gasteiger partial charge on any atom is -0.455 e. The van der Waals surface area contributed by atoms with Crippen molar-refractivity contribution >= 4 is 56.0 Å². The summed E-state index contributed by atoms with van der Waals surface area (Å²) in [5.41, 5.74) is 1.93. The molecule has 0 aliphatic carbocycles. The summed E-state index contributed by atoms with van der Waals surface area (Å²) < 4.78 is 6.07. The van der Waals surface area contributed by atoms with E-state index in [-0.39, 0.29) is 18.3 Å². The third-order valence-electron chi connectivity index (χ3n) is 4.91. The molecule has 0 radical (unpaired) electrons. The monoisotopic (exact) mass is 485 g/mol. The Morgan fingerprint density at radius 1 is 1.07 bits per heavy atom. The highest BCUT2D eigenvalue weighted by atomic mass is 79.9. The van der Waals surface area contributed by atoms with Crippen LogP contribution in [0.15, 0.2) is 70.0 Å². The summed E-state index contributed by atoms with van der Waals surface area (Å²) in [5.74, 6) is -0.164. The lowest BCUT2D eigenvalue weighted by atomic mass is 9.99. The topological polar surface area (TPSA) is 55.4 Å². The molecule has 0 spiro atoms. The highest BCUT2D eigenvalue weighted by Gasteiger charge is 2.12. The first-order chi connectivity index (χ1) is 14.5. The van der Waals surface area contributed by atoms with Crippen LogP contribution in [0.4, 0.5) is 5.69 Å². The number of benzene rings is 3. The molecule has 0 aliphatic rings. The van der Waals surface area contributed by atoms with Crippen molar-refractivity contribution in [2.45, 2.75) is 31.1 Å². The van der Waals surface area contributed by atoms with Gasteiger partial charge in [-0.1, -0.05) is 56.3 Å². The molecular weight excluding hydrogens is 462 g/mol. The zero-order valence-corrected chi connectivity index (χ0v) is 19.4. The molecule has 3 aromatic carbocycles. The Morgan fingerprint density at radius 3 is 2.53 bits per heavy atom. The molecule has 1 unspecified atom stereocenters. The van der Waals surface area contributed by atoms with Gasteiger partial charge < -0.3 is 10.1 Å². The van der Waals surface area contributed by atoms with Gasteiger partial charge in [-0.25, -0.2) is 0 Å². The molecule has 0 saturated carbocycles. The molecular formula is C24H24BrNO3S. The molecule has 0 aromatic heterocycles. The molecule has 1 N–H and O–H groups in total. The van der Waals surface area contributed by atoms with E-state index in [0.717, 1.165) is 26.6 Å². The van der Waals surface area contributed by atoms with Crippen LogP contribution in [0, 0.1) is 0 Å². The van der Waals surface area contributed by atoms with Gasteiger partial charge in [0.05, 0.1) is 5.75 Å². The average molecular weight is 486 g/mol. The quantitative estimate of drug-likeness (QED) is 0.296. The summed E-state index contributed by atoms with van der Waals surface area (Å²) >= 11 is 4.99. The lowest BCUT2D eigenvalue weighted by Crippen LogP contribution is -2.21. The second kappa shape index (κ2) is 10.6. The molecule has 156 valence electrons. The lowest BCUT2D eigenvalue weighted by molar-refractivity contribution is -0.144. The van der Waals surface area contributed by atoms with Gasteiger partial charge in [0, 0.05) is 15.1 Å². The first-order valence-corrected chi connectivity index (χ1v) is 11.6. The molecule has 1 atom stereocenters. The van der Waals surface area contributed by atoms with E-state index in [4.69, 9.17) is 4.74 Å². The Balaban J connectivity index is 1.46. The Morgan fingerprint density at radius 2 is 1.80 bits per heavy atom. The van der Waals surface area contributed by atoms with Crippen LogP contribution in [0.25, 0.3) is 10.8 Å². The Kier molecular flexibility index (Phi) is 7.94. The zero-order chi connectivity index (χ0) is 21.5. The predicted molar refractivity (Wildman–Crippen MR) is 127 cm³/mol. The number of hydrogen-bond acceptors (Lipinski definition) is 4. The average Bonchev–Trinajstić information content (AvgIpc) is 2.77. The molecule has 6 heteroatoms.